The second kappa shape index (κ2) is 5.69. The van der Waals surface area contributed by atoms with Crippen LogP contribution in [0.2, 0.25) is 0 Å². The third kappa shape index (κ3) is 2.67. The summed E-state index contributed by atoms with van der Waals surface area (Å²) in [5.41, 5.74) is 8.64. The zero-order chi connectivity index (χ0) is 15.5. The molecule has 2 aromatic carbocycles. The van der Waals surface area contributed by atoms with Gasteiger partial charge in [0, 0.05) is 5.69 Å². The van der Waals surface area contributed by atoms with Crippen molar-refractivity contribution in [1.29, 1.82) is 0 Å². The van der Waals surface area contributed by atoms with Gasteiger partial charge >= 0.3 is 0 Å². The number of benzene rings is 2. The standard InChI is InChI=1S/C16H15N5O/c1-11-6-5-9-13(10-11)21-15(17)14(19-20-21)16(22)18-12-7-3-2-4-8-12/h2-10H,17H2,1H3,(H,18,22). The molecule has 0 unspecified atom stereocenters. The molecule has 0 radical (unpaired) electrons. The van der Waals surface area contributed by atoms with Crippen molar-refractivity contribution in [2.24, 2.45) is 0 Å². The van der Waals surface area contributed by atoms with Gasteiger partial charge < -0.3 is 11.1 Å². The van der Waals surface area contributed by atoms with Crippen molar-refractivity contribution in [3.05, 3.63) is 65.9 Å². The lowest BCUT2D eigenvalue weighted by Crippen LogP contribution is -2.15. The highest BCUT2D eigenvalue weighted by molar-refractivity contribution is 6.05. The molecule has 1 heterocycles. The van der Waals surface area contributed by atoms with Crippen LogP contribution in [0.25, 0.3) is 5.69 Å². The number of carbonyl (C=O) groups excluding carboxylic acids is 1. The molecule has 0 aliphatic heterocycles. The molecule has 0 bridgehead atoms. The highest BCUT2D eigenvalue weighted by Gasteiger charge is 2.18. The summed E-state index contributed by atoms with van der Waals surface area (Å²) in [6, 6.07) is 16.8. The van der Waals surface area contributed by atoms with E-state index in [9.17, 15) is 4.79 Å². The lowest BCUT2D eigenvalue weighted by atomic mass is 10.2. The number of aromatic nitrogens is 3. The van der Waals surface area contributed by atoms with Crippen molar-refractivity contribution in [3.63, 3.8) is 0 Å². The molecule has 6 heteroatoms. The molecule has 110 valence electrons. The summed E-state index contributed by atoms with van der Waals surface area (Å²) in [6.07, 6.45) is 0. The Balaban J connectivity index is 1.89. The third-order valence-electron chi connectivity index (χ3n) is 3.20. The largest absolute Gasteiger partial charge is 0.382 e. The number of aryl methyl sites for hydroxylation is 1. The van der Waals surface area contributed by atoms with Crippen LogP contribution in [0, 0.1) is 6.92 Å². The normalized spacial score (nSPS) is 10.4. The first-order valence-electron chi connectivity index (χ1n) is 6.80. The molecule has 0 saturated carbocycles. The summed E-state index contributed by atoms with van der Waals surface area (Å²) >= 11 is 0. The van der Waals surface area contributed by atoms with Crippen LogP contribution in [0.3, 0.4) is 0 Å². The molecule has 0 aliphatic rings. The number of nitrogens with one attached hydrogen (secondary N) is 1. The quantitative estimate of drug-likeness (QED) is 0.776. The zero-order valence-corrected chi connectivity index (χ0v) is 12.0. The average Bonchev–Trinajstić information content (AvgIpc) is 2.90. The minimum absolute atomic E-state index is 0.102. The Labute approximate surface area is 127 Å². The zero-order valence-electron chi connectivity index (χ0n) is 12.0. The van der Waals surface area contributed by atoms with Crippen LogP contribution in [0.5, 0.6) is 0 Å². The smallest absolute Gasteiger partial charge is 0.280 e. The van der Waals surface area contributed by atoms with Crippen LogP contribution >= 0.6 is 0 Å². The number of para-hydroxylation sites is 1. The van der Waals surface area contributed by atoms with Crippen molar-refractivity contribution in [1.82, 2.24) is 15.0 Å². The number of hydrogen-bond donors (Lipinski definition) is 2. The topological polar surface area (TPSA) is 85.8 Å². The van der Waals surface area contributed by atoms with Crippen molar-refractivity contribution in [2.75, 3.05) is 11.1 Å². The molecular weight excluding hydrogens is 278 g/mol. The predicted molar refractivity (Wildman–Crippen MR) is 84.9 cm³/mol. The Morgan fingerprint density at radius 1 is 1.14 bits per heavy atom. The van der Waals surface area contributed by atoms with Gasteiger partial charge in [0.1, 0.15) is 0 Å². The number of nitrogens with two attached hydrogens (primary N) is 1. The fourth-order valence-corrected chi connectivity index (χ4v) is 2.11. The number of nitrogen functional groups attached to an aromatic ring is 1. The monoisotopic (exact) mass is 293 g/mol. The van der Waals surface area contributed by atoms with Crippen LogP contribution in [-0.2, 0) is 0 Å². The number of amides is 1. The van der Waals surface area contributed by atoms with Gasteiger partial charge in [-0.05, 0) is 36.8 Å². The molecule has 22 heavy (non-hydrogen) atoms. The first-order chi connectivity index (χ1) is 10.6. The summed E-state index contributed by atoms with van der Waals surface area (Å²) in [6.45, 7) is 1.97. The Morgan fingerprint density at radius 3 is 2.64 bits per heavy atom. The van der Waals surface area contributed by atoms with Gasteiger partial charge in [-0.25, -0.2) is 0 Å². The Bertz CT molecular complexity index is 810. The summed E-state index contributed by atoms with van der Waals surface area (Å²) in [5, 5.41) is 10.6. The lowest BCUT2D eigenvalue weighted by Gasteiger charge is -2.05. The Hall–Kier alpha value is -3.15. The molecule has 3 N–H and O–H groups in total. The highest BCUT2D eigenvalue weighted by Crippen LogP contribution is 2.17. The SMILES string of the molecule is Cc1cccc(-n2nnc(C(=O)Nc3ccccc3)c2N)c1. The number of nitrogens with zero attached hydrogens (tertiary/aromatic N) is 3. The fourth-order valence-electron chi connectivity index (χ4n) is 2.11. The second-order valence-corrected chi connectivity index (χ2v) is 4.89. The first kappa shape index (κ1) is 13.8. The van der Waals surface area contributed by atoms with Crippen molar-refractivity contribution in [2.45, 2.75) is 6.92 Å². The van der Waals surface area contributed by atoms with Gasteiger partial charge in [-0.3, -0.25) is 4.79 Å². The van der Waals surface area contributed by atoms with E-state index in [1.807, 2.05) is 49.4 Å². The third-order valence-corrected chi connectivity index (χ3v) is 3.20. The molecule has 3 aromatic rings. The van der Waals surface area contributed by atoms with E-state index in [-0.39, 0.29) is 17.4 Å². The lowest BCUT2D eigenvalue weighted by molar-refractivity contribution is 0.102. The van der Waals surface area contributed by atoms with Gasteiger partial charge in [0.05, 0.1) is 5.69 Å². The Kier molecular flexibility index (Phi) is 3.57. The van der Waals surface area contributed by atoms with E-state index in [1.165, 1.54) is 4.68 Å². The van der Waals surface area contributed by atoms with Gasteiger partial charge in [0.25, 0.3) is 5.91 Å². The minimum Gasteiger partial charge on any atom is -0.382 e. The van der Waals surface area contributed by atoms with E-state index >= 15 is 0 Å². The number of carbonyl (C=O) groups is 1. The van der Waals surface area contributed by atoms with Gasteiger partial charge in [-0.15, -0.1) is 5.10 Å². The predicted octanol–water partition coefficient (Wildman–Crippen LogP) is 2.41. The maximum absolute atomic E-state index is 12.2. The van der Waals surface area contributed by atoms with Gasteiger partial charge in [-0.1, -0.05) is 35.5 Å². The molecule has 0 aliphatic carbocycles. The summed E-state index contributed by atoms with van der Waals surface area (Å²) in [4.78, 5) is 12.2. The van der Waals surface area contributed by atoms with E-state index in [0.29, 0.717) is 5.69 Å². The molecular formula is C16H15N5O. The Morgan fingerprint density at radius 2 is 1.91 bits per heavy atom. The summed E-state index contributed by atoms with van der Waals surface area (Å²) in [5.74, 6) is -0.179. The molecule has 1 amide bonds. The molecule has 1 aromatic heterocycles. The van der Waals surface area contributed by atoms with Crippen molar-refractivity contribution < 1.29 is 4.79 Å². The van der Waals surface area contributed by atoms with Crippen LogP contribution < -0.4 is 11.1 Å². The van der Waals surface area contributed by atoms with Gasteiger partial charge in [-0.2, -0.15) is 4.68 Å². The van der Waals surface area contributed by atoms with E-state index < -0.39 is 0 Å². The molecule has 0 atom stereocenters. The summed E-state index contributed by atoms with van der Waals surface area (Å²) < 4.78 is 1.45. The van der Waals surface area contributed by atoms with Gasteiger partial charge in [0.2, 0.25) is 0 Å². The highest BCUT2D eigenvalue weighted by atomic mass is 16.2. The maximum Gasteiger partial charge on any atom is 0.280 e. The van der Waals surface area contributed by atoms with Crippen LogP contribution in [0.15, 0.2) is 54.6 Å². The second-order valence-electron chi connectivity index (χ2n) is 4.89. The van der Waals surface area contributed by atoms with Crippen LogP contribution in [0.1, 0.15) is 16.1 Å². The number of rotatable bonds is 3. The van der Waals surface area contributed by atoms with E-state index in [0.717, 1.165) is 11.3 Å². The fraction of sp³-hybridized carbons (Fsp3) is 0.0625. The minimum atomic E-state index is -0.386. The number of hydrogen-bond acceptors (Lipinski definition) is 4. The van der Waals surface area contributed by atoms with E-state index in [4.69, 9.17) is 5.73 Å². The molecule has 3 rings (SSSR count). The van der Waals surface area contributed by atoms with Crippen molar-refractivity contribution >= 4 is 17.4 Å². The van der Waals surface area contributed by atoms with Crippen LogP contribution in [-0.4, -0.2) is 20.9 Å². The average molecular weight is 293 g/mol. The van der Waals surface area contributed by atoms with Crippen LogP contribution in [0.4, 0.5) is 11.5 Å². The molecule has 0 spiro atoms. The molecule has 6 nitrogen and oxygen atoms in total. The van der Waals surface area contributed by atoms with E-state index in [2.05, 4.69) is 15.6 Å². The van der Waals surface area contributed by atoms with E-state index in [1.54, 1.807) is 12.1 Å². The maximum atomic E-state index is 12.2. The molecule has 0 fully saturated rings. The molecule has 0 saturated heterocycles. The van der Waals surface area contributed by atoms with Crippen molar-refractivity contribution in [3.8, 4) is 5.69 Å². The number of anilines is 2. The summed E-state index contributed by atoms with van der Waals surface area (Å²) in [7, 11) is 0. The first-order valence-corrected chi connectivity index (χ1v) is 6.80. The van der Waals surface area contributed by atoms with Gasteiger partial charge in [0.15, 0.2) is 11.5 Å².